The standard InChI is InChI=1S/C21H23N5O2/c1-14-7-4-12-20(26-21(27)25(3)23-24-26)19(14)13-28-22-15(2)17-10-5-8-16-9-6-11-18(16)17/h4-5,7-8,10,12H,6,9,11,13H2,1-3H3. The van der Waals surface area contributed by atoms with Gasteiger partial charge in [0.05, 0.1) is 11.4 Å². The maximum Gasteiger partial charge on any atom is 0.368 e. The van der Waals surface area contributed by atoms with Gasteiger partial charge in [-0.05, 0) is 66.3 Å². The molecule has 2 aromatic carbocycles. The van der Waals surface area contributed by atoms with E-state index in [-0.39, 0.29) is 12.3 Å². The molecule has 144 valence electrons. The van der Waals surface area contributed by atoms with Gasteiger partial charge in [-0.3, -0.25) is 0 Å². The smallest absolute Gasteiger partial charge is 0.368 e. The van der Waals surface area contributed by atoms with Crippen LogP contribution in [0.1, 0.15) is 41.2 Å². The number of hydrogen-bond acceptors (Lipinski definition) is 5. The van der Waals surface area contributed by atoms with Gasteiger partial charge in [0.15, 0.2) is 0 Å². The molecule has 3 aromatic rings. The lowest BCUT2D eigenvalue weighted by Gasteiger charge is -2.11. The van der Waals surface area contributed by atoms with E-state index in [1.54, 1.807) is 7.05 Å². The van der Waals surface area contributed by atoms with Gasteiger partial charge in [0.2, 0.25) is 0 Å². The second-order valence-corrected chi connectivity index (χ2v) is 7.12. The van der Waals surface area contributed by atoms with Crippen LogP contribution >= 0.6 is 0 Å². The summed E-state index contributed by atoms with van der Waals surface area (Å²) in [5.41, 5.74) is 7.04. The van der Waals surface area contributed by atoms with E-state index in [4.69, 9.17) is 4.84 Å². The van der Waals surface area contributed by atoms with Crippen molar-refractivity contribution in [3.63, 3.8) is 0 Å². The minimum Gasteiger partial charge on any atom is -0.391 e. The molecule has 0 saturated heterocycles. The Morgan fingerprint density at radius 1 is 1.18 bits per heavy atom. The summed E-state index contributed by atoms with van der Waals surface area (Å²) in [6.45, 7) is 4.20. The van der Waals surface area contributed by atoms with Crippen LogP contribution in [0.25, 0.3) is 5.69 Å². The number of rotatable bonds is 5. The Kier molecular flexibility index (Phi) is 4.81. The van der Waals surface area contributed by atoms with E-state index in [0.717, 1.165) is 35.2 Å². The number of aromatic nitrogens is 4. The van der Waals surface area contributed by atoms with Crippen molar-refractivity contribution >= 4 is 5.71 Å². The average molecular weight is 377 g/mol. The molecule has 0 aliphatic heterocycles. The molecule has 1 aliphatic rings. The first-order valence-corrected chi connectivity index (χ1v) is 9.42. The van der Waals surface area contributed by atoms with Crippen LogP contribution in [0.4, 0.5) is 0 Å². The Balaban J connectivity index is 1.59. The number of hydrogen-bond donors (Lipinski definition) is 0. The van der Waals surface area contributed by atoms with Gasteiger partial charge in [0, 0.05) is 18.2 Å². The zero-order chi connectivity index (χ0) is 19.7. The molecule has 1 heterocycles. The predicted octanol–water partition coefficient (Wildman–Crippen LogP) is 2.70. The van der Waals surface area contributed by atoms with Crippen molar-refractivity contribution in [3.8, 4) is 5.69 Å². The van der Waals surface area contributed by atoms with Crippen molar-refractivity contribution in [1.82, 2.24) is 19.8 Å². The number of tetrazole rings is 1. The monoisotopic (exact) mass is 377 g/mol. The van der Waals surface area contributed by atoms with Crippen molar-refractivity contribution in [3.05, 3.63) is 74.7 Å². The molecule has 0 bridgehead atoms. The molecule has 0 spiro atoms. The summed E-state index contributed by atoms with van der Waals surface area (Å²) in [7, 11) is 1.57. The fraction of sp³-hybridized carbons (Fsp3) is 0.333. The summed E-state index contributed by atoms with van der Waals surface area (Å²) < 4.78 is 2.48. The van der Waals surface area contributed by atoms with E-state index in [0.29, 0.717) is 5.69 Å². The van der Waals surface area contributed by atoms with Crippen LogP contribution in [-0.2, 0) is 31.3 Å². The first-order chi connectivity index (χ1) is 13.6. The van der Waals surface area contributed by atoms with Gasteiger partial charge in [0.25, 0.3) is 0 Å². The predicted molar refractivity (Wildman–Crippen MR) is 107 cm³/mol. The Labute approximate surface area is 163 Å². The summed E-state index contributed by atoms with van der Waals surface area (Å²) in [6.07, 6.45) is 3.42. The molecule has 0 atom stereocenters. The van der Waals surface area contributed by atoms with Gasteiger partial charge in [-0.1, -0.05) is 35.5 Å². The normalized spacial score (nSPS) is 13.6. The second-order valence-electron chi connectivity index (χ2n) is 7.12. The minimum absolute atomic E-state index is 0.247. The Morgan fingerprint density at radius 2 is 2.00 bits per heavy atom. The van der Waals surface area contributed by atoms with Crippen molar-refractivity contribution < 1.29 is 4.84 Å². The van der Waals surface area contributed by atoms with E-state index in [9.17, 15) is 4.79 Å². The number of nitrogens with zero attached hydrogens (tertiary/aromatic N) is 5. The van der Waals surface area contributed by atoms with E-state index in [1.807, 2.05) is 32.0 Å². The second kappa shape index (κ2) is 7.42. The highest BCUT2D eigenvalue weighted by atomic mass is 16.6. The highest BCUT2D eigenvalue weighted by Gasteiger charge is 2.16. The van der Waals surface area contributed by atoms with Crippen molar-refractivity contribution in [2.75, 3.05) is 0 Å². The summed E-state index contributed by atoms with van der Waals surface area (Å²) in [5, 5.41) is 12.1. The molecule has 4 rings (SSSR count). The lowest BCUT2D eigenvalue weighted by atomic mass is 10.0. The number of fused-ring (bicyclic) bond motifs is 1. The van der Waals surface area contributed by atoms with Crippen molar-refractivity contribution in [2.24, 2.45) is 12.2 Å². The molecule has 7 heteroatoms. The zero-order valence-electron chi connectivity index (χ0n) is 16.3. The number of benzene rings is 2. The van der Waals surface area contributed by atoms with Crippen LogP contribution in [0, 0.1) is 6.92 Å². The maximum absolute atomic E-state index is 12.2. The third kappa shape index (κ3) is 3.24. The first-order valence-electron chi connectivity index (χ1n) is 9.42. The quantitative estimate of drug-likeness (QED) is 0.506. The highest BCUT2D eigenvalue weighted by Crippen LogP contribution is 2.26. The third-order valence-corrected chi connectivity index (χ3v) is 5.28. The van der Waals surface area contributed by atoms with Crippen LogP contribution in [0.15, 0.2) is 46.3 Å². The molecule has 0 unspecified atom stereocenters. The first kappa shape index (κ1) is 18.2. The van der Waals surface area contributed by atoms with Crippen molar-refractivity contribution in [1.29, 1.82) is 0 Å². The van der Waals surface area contributed by atoms with Crippen LogP contribution in [-0.4, -0.2) is 25.5 Å². The SMILES string of the molecule is CC(=NOCc1c(C)cccc1-n1nnn(C)c1=O)c1cccc2c1CCC2. The van der Waals surface area contributed by atoms with Crippen LogP contribution < -0.4 is 5.69 Å². The van der Waals surface area contributed by atoms with Crippen LogP contribution in [0.3, 0.4) is 0 Å². The van der Waals surface area contributed by atoms with E-state index >= 15 is 0 Å². The topological polar surface area (TPSA) is 74.3 Å². The van der Waals surface area contributed by atoms with Gasteiger partial charge in [-0.2, -0.15) is 9.36 Å². The Hall–Kier alpha value is -3.22. The number of aryl methyl sites for hydroxylation is 3. The van der Waals surface area contributed by atoms with Crippen molar-refractivity contribution in [2.45, 2.75) is 39.7 Å². The van der Waals surface area contributed by atoms with Gasteiger partial charge < -0.3 is 4.84 Å². The molecular weight excluding hydrogens is 354 g/mol. The van der Waals surface area contributed by atoms with Crippen LogP contribution in [0.2, 0.25) is 0 Å². The summed E-state index contributed by atoms with van der Waals surface area (Å²) in [6, 6.07) is 12.1. The molecule has 28 heavy (non-hydrogen) atoms. The Morgan fingerprint density at radius 3 is 2.79 bits per heavy atom. The van der Waals surface area contributed by atoms with E-state index < -0.39 is 0 Å². The van der Waals surface area contributed by atoms with Crippen LogP contribution in [0.5, 0.6) is 0 Å². The number of oxime groups is 1. The fourth-order valence-electron chi connectivity index (χ4n) is 3.74. The molecule has 0 amide bonds. The lowest BCUT2D eigenvalue weighted by molar-refractivity contribution is 0.130. The molecule has 7 nitrogen and oxygen atoms in total. The highest BCUT2D eigenvalue weighted by molar-refractivity contribution is 6.00. The molecule has 0 fully saturated rings. The van der Waals surface area contributed by atoms with Gasteiger partial charge in [-0.15, -0.1) is 0 Å². The maximum atomic E-state index is 12.2. The van der Waals surface area contributed by atoms with E-state index in [2.05, 4.69) is 33.8 Å². The fourth-order valence-corrected chi connectivity index (χ4v) is 3.74. The van der Waals surface area contributed by atoms with Gasteiger partial charge in [0.1, 0.15) is 6.61 Å². The molecule has 1 aromatic heterocycles. The Bertz CT molecular complexity index is 1110. The lowest BCUT2D eigenvalue weighted by Crippen LogP contribution is -2.23. The molecule has 0 radical (unpaired) electrons. The largest absolute Gasteiger partial charge is 0.391 e. The molecule has 0 N–H and O–H groups in total. The molecule has 0 saturated carbocycles. The summed E-state index contributed by atoms with van der Waals surface area (Å²) in [5.74, 6) is 0. The summed E-state index contributed by atoms with van der Waals surface area (Å²) in [4.78, 5) is 17.9. The van der Waals surface area contributed by atoms with E-state index in [1.165, 1.54) is 26.9 Å². The van der Waals surface area contributed by atoms with Gasteiger partial charge in [-0.25, -0.2) is 4.79 Å². The molecule has 1 aliphatic carbocycles. The third-order valence-electron chi connectivity index (χ3n) is 5.28. The summed E-state index contributed by atoms with van der Waals surface area (Å²) >= 11 is 0. The minimum atomic E-state index is -0.300. The molecular formula is C21H23N5O2. The average Bonchev–Trinajstić information content (AvgIpc) is 3.30. The zero-order valence-corrected chi connectivity index (χ0v) is 16.3. The van der Waals surface area contributed by atoms with Gasteiger partial charge >= 0.3 is 5.69 Å².